The van der Waals surface area contributed by atoms with Gasteiger partial charge in [-0.3, -0.25) is 9.59 Å². The van der Waals surface area contributed by atoms with Gasteiger partial charge in [-0.05, 0) is 49.7 Å². The van der Waals surface area contributed by atoms with Crippen molar-refractivity contribution in [1.29, 1.82) is 0 Å². The molecule has 0 spiro atoms. The van der Waals surface area contributed by atoms with Gasteiger partial charge in [-0.1, -0.05) is 12.1 Å². The molecule has 3 aromatic rings. The van der Waals surface area contributed by atoms with Crippen molar-refractivity contribution in [2.75, 3.05) is 5.32 Å². The summed E-state index contributed by atoms with van der Waals surface area (Å²) >= 11 is 0. The quantitative estimate of drug-likeness (QED) is 0.713. The molecular weight excluding hydrogens is 307 g/mol. The number of rotatable bonds is 4. The molecule has 2 aromatic carbocycles. The monoisotopic (exact) mass is 324 g/mol. The Morgan fingerprint density at radius 3 is 2.71 bits per heavy atom. The lowest BCUT2D eigenvalue weighted by Crippen LogP contribution is -2.15. The van der Waals surface area contributed by atoms with Crippen molar-refractivity contribution >= 4 is 28.3 Å². The molecule has 2 N–H and O–H groups in total. The smallest absolute Gasteiger partial charge is 0.228 e. The highest BCUT2D eigenvalue weighted by Crippen LogP contribution is 2.24. The maximum Gasteiger partial charge on any atom is 0.228 e. The van der Waals surface area contributed by atoms with Crippen LogP contribution in [0.4, 0.5) is 10.1 Å². The van der Waals surface area contributed by atoms with E-state index in [0.717, 1.165) is 16.8 Å². The molecule has 0 fully saturated rings. The number of aryl methyl sites for hydroxylation is 1. The second-order valence-electron chi connectivity index (χ2n) is 5.78. The van der Waals surface area contributed by atoms with E-state index in [1.807, 2.05) is 6.92 Å². The first kappa shape index (κ1) is 15.9. The summed E-state index contributed by atoms with van der Waals surface area (Å²) in [5, 5.41) is 3.49. The number of H-pyrrole nitrogens is 1. The molecule has 1 amide bonds. The Labute approximate surface area is 138 Å². The van der Waals surface area contributed by atoms with Crippen LogP contribution in [0.1, 0.15) is 28.5 Å². The normalized spacial score (nSPS) is 10.8. The lowest BCUT2D eigenvalue weighted by Gasteiger charge is -2.07. The highest BCUT2D eigenvalue weighted by Gasteiger charge is 2.13. The minimum Gasteiger partial charge on any atom is -0.358 e. The van der Waals surface area contributed by atoms with E-state index in [9.17, 15) is 14.0 Å². The van der Waals surface area contributed by atoms with Crippen LogP contribution in [0.25, 0.3) is 10.9 Å². The van der Waals surface area contributed by atoms with E-state index >= 15 is 0 Å². The zero-order valence-corrected chi connectivity index (χ0v) is 13.4. The van der Waals surface area contributed by atoms with Crippen LogP contribution in [0.2, 0.25) is 0 Å². The average molecular weight is 324 g/mol. The summed E-state index contributed by atoms with van der Waals surface area (Å²) in [6, 6.07) is 11.3. The highest BCUT2D eigenvalue weighted by molar-refractivity contribution is 5.99. The molecule has 0 atom stereocenters. The molecule has 0 saturated heterocycles. The van der Waals surface area contributed by atoms with Crippen molar-refractivity contribution in [1.82, 2.24) is 4.98 Å². The topological polar surface area (TPSA) is 62.0 Å². The van der Waals surface area contributed by atoms with Gasteiger partial charge in [-0.2, -0.15) is 0 Å². The van der Waals surface area contributed by atoms with E-state index in [-0.39, 0.29) is 23.9 Å². The third-order valence-corrected chi connectivity index (χ3v) is 3.97. The van der Waals surface area contributed by atoms with E-state index in [4.69, 9.17) is 0 Å². The summed E-state index contributed by atoms with van der Waals surface area (Å²) in [5.74, 6) is -0.615. The SMILES string of the molecule is CC(=O)c1cccc(NC(=O)Cc2c(C)[nH]c3ccc(F)cc23)c1. The summed E-state index contributed by atoms with van der Waals surface area (Å²) in [6.45, 7) is 3.33. The molecule has 0 aliphatic rings. The van der Waals surface area contributed by atoms with Crippen molar-refractivity contribution in [3.8, 4) is 0 Å². The van der Waals surface area contributed by atoms with E-state index in [1.54, 1.807) is 30.3 Å². The second-order valence-corrected chi connectivity index (χ2v) is 5.78. The molecule has 1 aromatic heterocycles. The second kappa shape index (κ2) is 6.28. The van der Waals surface area contributed by atoms with E-state index < -0.39 is 0 Å². The molecule has 122 valence electrons. The number of carbonyl (C=O) groups is 2. The van der Waals surface area contributed by atoms with Crippen LogP contribution in [-0.4, -0.2) is 16.7 Å². The lowest BCUT2D eigenvalue weighted by molar-refractivity contribution is -0.115. The number of Topliss-reactive ketones (excluding diaryl/α,β-unsaturated/α-hetero) is 1. The van der Waals surface area contributed by atoms with Gasteiger partial charge in [-0.25, -0.2) is 4.39 Å². The Morgan fingerprint density at radius 1 is 1.17 bits per heavy atom. The first-order chi connectivity index (χ1) is 11.4. The summed E-state index contributed by atoms with van der Waals surface area (Å²) in [6.07, 6.45) is 0.125. The number of hydrogen-bond donors (Lipinski definition) is 2. The number of hydrogen-bond acceptors (Lipinski definition) is 2. The maximum atomic E-state index is 13.5. The van der Waals surface area contributed by atoms with Crippen molar-refractivity contribution in [2.45, 2.75) is 20.3 Å². The van der Waals surface area contributed by atoms with E-state index in [0.29, 0.717) is 16.6 Å². The van der Waals surface area contributed by atoms with Crippen molar-refractivity contribution in [2.24, 2.45) is 0 Å². The van der Waals surface area contributed by atoms with Crippen LogP contribution >= 0.6 is 0 Å². The third kappa shape index (κ3) is 3.20. The molecule has 0 bridgehead atoms. The van der Waals surface area contributed by atoms with Gasteiger partial charge in [0.2, 0.25) is 5.91 Å². The number of benzene rings is 2. The molecular formula is C19H17FN2O2. The summed E-state index contributed by atoms with van der Waals surface area (Å²) in [4.78, 5) is 26.9. The van der Waals surface area contributed by atoms with Crippen LogP contribution < -0.4 is 5.32 Å². The number of amides is 1. The molecule has 0 aliphatic carbocycles. The van der Waals surface area contributed by atoms with Crippen molar-refractivity contribution in [3.63, 3.8) is 0 Å². The number of fused-ring (bicyclic) bond motifs is 1. The Kier molecular flexibility index (Phi) is 4.16. The fourth-order valence-corrected chi connectivity index (χ4v) is 2.76. The number of nitrogens with one attached hydrogen (secondary N) is 2. The van der Waals surface area contributed by atoms with Gasteiger partial charge in [0.25, 0.3) is 0 Å². The molecule has 4 nitrogen and oxygen atoms in total. The Morgan fingerprint density at radius 2 is 1.96 bits per heavy atom. The molecule has 0 radical (unpaired) electrons. The highest BCUT2D eigenvalue weighted by atomic mass is 19.1. The molecule has 5 heteroatoms. The van der Waals surface area contributed by atoms with Crippen LogP contribution in [0.3, 0.4) is 0 Å². The molecule has 0 aliphatic heterocycles. The molecule has 0 unspecified atom stereocenters. The Balaban J connectivity index is 1.83. The average Bonchev–Trinajstić information content (AvgIpc) is 2.83. The fraction of sp³-hybridized carbons (Fsp3) is 0.158. The Hall–Kier alpha value is -2.95. The Bertz CT molecular complexity index is 944. The number of aromatic nitrogens is 1. The molecule has 0 saturated carbocycles. The molecule has 24 heavy (non-hydrogen) atoms. The number of halogens is 1. The summed E-state index contributed by atoms with van der Waals surface area (Å²) in [7, 11) is 0. The van der Waals surface area contributed by atoms with E-state index in [2.05, 4.69) is 10.3 Å². The lowest BCUT2D eigenvalue weighted by atomic mass is 10.1. The maximum absolute atomic E-state index is 13.5. The van der Waals surface area contributed by atoms with Crippen LogP contribution in [-0.2, 0) is 11.2 Å². The number of aromatic amines is 1. The van der Waals surface area contributed by atoms with E-state index in [1.165, 1.54) is 19.1 Å². The van der Waals surface area contributed by atoms with Gasteiger partial charge in [0.1, 0.15) is 5.82 Å². The standard InChI is InChI=1S/C19H17FN2O2/c1-11-16(17-9-14(20)6-7-18(17)21-11)10-19(24)22-15-5-3-4-13(8-15)12(2)23/h3-9,21H,10H2,1-2H3,(H,22,24). The van der Waals surface area contributed by atoms with Crippen LogP contribution in [0.5, 0.6) is 0 Å². The van der Waals surface area contributed by atoms with Crippen molar-refractivity contribution in [3.05, 3.63) is 65.1 Å². The first-order valence-electron chi connectivity index (χ1n) is 7.61. The predicted octanol–water partition coefficient (Wildman–Crippen LogP) is 4.00. The first-order valence-corrected chi connectivity index (χ1v) is 7.61. The van der Waals surface area contributed by atoms with Gasteiger partial charge in [0.15, 0.2) is 5.78 Å². The van der Waals surface area contributed by atoms with Gasteiger partial charge < -0.3 is 10.3 Å². The fourth-order valence-electron chi connectivity index (χ4n) is 2.76. The minimum atomic E-state index is -0.336. The number of carbonyl (C=O) groups excluding carboxylic acids is 2. The van der Waals surface area contributed by atoms with Gasteiger partial charge in [-0.15, -0.1) is 0 Å². The largest absolute Gasteiger partial charge is 0.358 e. The van der Waals surface area contributed by atoms with Crippen molar-refractivity contribution < 1.29 is 14.0 Å². The minimum absolute atomic E-state index is 0.0611. The van der Waals surface area contributed by atoms with Gasteiger partial charge >= 0.3 is 0 Å². The number of ketones is 1. The zero-order valence-electron chi connectivity index (χ0n) is 13.4. The molecule has 1 heterocycles. The van der Waals surface area contributed by atoms with Gasteiger partial charge in [0.05, 0.1) is 6.42 Å². The summed E-state index contributed by atoms with van der Waals surface area (Å²) < 4.78 is 13.5. The molecule has 3 rings (SSSR count). The predicted molar refractivity (Wildman–Crippen MR) is 91.8 cm³/mol. The van der Waals surface area contributed by atoms with Crippen LogP contribution in [0, 0.1) is 12.7 Å². The third-order valence-electron chi connectivity index (χ3n) is 3.97. The zero-order chi connectivity index (χ0) is 17.3. The van der Waals surface area contributed by atoms with Crippen LogP contribution in [0.15, 0.2) is 42.5 Å². The summed E-state index contributed by atoms with van der Waals surface area (Å²) in [5.41, 5.74) is 3.51. The number of anilines is 1. The van der Waals surface area contributed by atoms with Gasteiger partial charge in [0, 0.05) is 27.8 Å².